The first-order valence-electron chi connectivity index (χ1n) is 5.48. The molecule has 2 aromatic rings. The zero-order valence-corrected chi connectivity index (χ0v) is 9.20. The maximum atomic E-state index is 6.02. The van der Waals surface area contributed by atoms with Gasteiger partial charge >= 0.3 is 0 Å². The number of nitrogens with one attached hydrogen (secondary N) is 1. The average molecular weight is 210 g/mol. The highest BCUT2D eigenvalue weighted by atomic mass is 14.9. The SMILES string of the molecule is CNC1C=Cc2c(N)ccc3cccc1c23. The number of rotatable bonds is 1. The smallest absolute Gasteiger partial charge is 0.0513 e. The fourth-order valence-corrected chi connectivity index (χ4v) is 2.44. The molecule has 0 amide bonds. The van der Waals surface area contributed by atoms with Gasteiger partial charge in [-0.05, 0) is 29.4 Å². The van der Waals surface area contributed by atoms with E-state index < -0.39 is 0 Å². The fraction of sp³-hybridized carbons (Fsp3) is 0.143. The van der Waals surface area contributed by atoms with E-state index in [9.17, 15) is 0 Å². The van der Waals surface area contributed by atoms with E-state index in [0.717, 1.165) is 11.3 Å². The third kappa shape index (κ3) is 1.17. The van der Waals surface area contributed by atoms with Crippen LogP contribution in [0.25, 0.3) is 16.8 Å². The molecular weight excluding hydrogens is 196 g/mol. The third-order valence-corrected chi connectivity index (χ3v) is 3.25. The molecule has 16 heavy (non-hydrogen) atoms. The molecule has 2 heteroatoms. The largest absolute Gasteiger partial charge is 0.398 e. The Morgan fingerprint density at radius 3 is 2.88 bits per heavy atom. The zero-order valence-electron chi connectivity index (χ0n) is 9.20. The van der Waals surface area contributed by atoms with Crippen molar-refractivity contribution in [3.05, 3.63) is 47.5 Å². The lowest BCUT2D eigenvalue weighted by Crippen LogP contribution is -2.16. The van der Waals surface area contributed by atoms with Crippen molar-refractivity contribution in [3.63, 3.8) is 0 Å². The van der Waals surface area contributed by atoms with Gasteiger partial charge in [-0.1, -0.05) is 36.4 Å². The van der Waals surface area contributed by atoms with Gasteiger partial charge in [0.1, 0.15) is 0 Å². The topological polar surface area (TPSA) is 38.0 Å². The molecule has 0 heterocycles. The second-order valence-electron chi connectivity index (χ2n) is 4.14. The van der Waals surface area contributed by atoms with Gasteiger partial charge in [0.15, 0.2) is 0 Å². The van der Waals surface area contributed by atoms with Crippen LogP contribution in [0.1, 0.15) is 17.2 Å². The van der Waals surface area contributed by atoms with Crippen molar-refractivity contribution in [3.8, 4) is 0 Å². The van der Waals surface area contributed by atoms with Crippen LogP contribution in [-0.4, -0.2) is 7.05 Å². The Hall–Kier alpha value is -1.80. The van der Waals surface area contributed by atoms with Crippen molar-refractivity contribution in [1.29, 1.82) is 0 Å². The quantitative estimate of drug-likeness (QED) is 0.710. The highest BCUT2D eigenvalue weighted by Crippen LogP contribution is 2.35. The van der Waals surface area contributed by atoms with Crippen LogP contribution >= 0.6 is 0 Å². The number of benzene rings is 2. The minimum Gasteiger partial charge on any atom is -0.398 e. The lowest BCUT2D eigenvalue weighted by atomic mass is 9.89. The molecule has 0 saturated heterocycles. The van der Waals surface area contributed by atoms with Crippen molar-refractivity contribution in [2.75, 3.05) is 12.8 Å². The summed E-state index contributed by atoms with van der Waals surface area (Å²) in [6.07, 6.45) is 4.28. The second-order valence-corrected chi connectivity index (χ2v) is 4.14. The summed E-state index contributed by atoms with van der Waals surface area (Å²) >= 11 is 0. The van der Waals surface area contributed by atoms with Crippen molar-refractivity contribution < 1.29 is 0 Å². The number of anilines is 1. The molecule has 0 fully saturated rings. The highest BCUT2D eigenvalue weighted by molar-refractivity contribution is 5.99. The van der Waals surface area contributed by atoms with E-state index in [2.05, 4.69) is 41.7 Å². The van der Waals surface area contributed by atoms with E-state index in [4.69, 9.17) is 5.73 Å². The van der Waals surface area contributed by atoms with Gasteiger partial charge < -0.3 is 11.1 Å². The number of nitrogens with two attached hydrogens (primary N) is 1. The molecule has 3 N–H and O–H groups in total. The van der Waals surface area contributed by atoms with Gasteiger partial charge in [0.05, 0.1) is 6.04 Å². The van der Waals surface area contributed by atoms with Gasteiger partial charge in [-0.3, -0.25) is 0 Å². The number of nitrogen functional groups attached to an aromatic ring is 1. The first kappa shape index (κ1) is 9.43. The van der Waals surface area contributed by atoms with Crippen LogP contribution in [0.5, 0.6) is 0 Å². The molecule has 0 spiro atoms. The Morgan fingerprint density at radius 1 is 1.19 bits per heavy atom. The van der Waals surface area contributed by atoms with Crippen LogP contribution in [-0.2, 0) is 0 Å². The average Bonchev–Trinajstić information content (AvgIpc) is 2.34. The van der Waals surface area contributed by atoms with Crippen molar-refractivity contribution in [2.45, 2.75) is 6.04 Å². The summed E-state index contributed by atoms with van der Waals surface area (Å²) in [4.78, 5) is 0. The van der Waals surface area contributed by atoms with E-state index in [-0.39, 0.29) is 6.04 Å². The van der Waals surface area contributed by atoms with Gasteiger partial charge in [-0.2, -0.15) is 0 Å². The molecule has 0 bridgehead atoms. The maximum Gasteiger partial charge on any atom is 0.0513 e. The van der Waals surface area contributed by atoms with Gasteiger partial charge in [0, 0.05) is 11.3 Å². The van der Waals surface area contributed by atoms with Crippen molar-refractivity contribution in [2.24, 2.45) is 0 Å². The normalized spacial score (nSPS) is 17.9. The molecule has 0 saturated carbocycles. The Bertz CT molecular complexity index is 585. The molecule has 0 aromatic heterocycles. The Morgan fingerprint density at radius 2 is 2.06 bits per heavy atom. The van der Waals surface area contributed by atoms with Crippen molar-refractivity contribution >= 4 is 22.5 Å². The van der Waals surface area contributed by atoms with E-state index in [1.165, 1.54) is 16.3 Å². The van der Waals surface area contributed by atoms with Crippen molar-refractivity contribution in [1.82, 2.24) is 5.32 Å². The van der Waals surface area contributed by atoms with Crippen LogP contribution < -0.4 is 11.1 Å². The van der Waals surface area contributed by atoms with Gasteiger partial charge in [-0.25, -0.2) is 0 Å². The van der Waals surface area contributed by atoms with E-state index in [1.54, 1.807) is 0 Å². The van der Waals surface area contributed by atoms with E-state index >= 15 is 0 Å². The molecule has 3 rings (SSSR count). The van der Waals surface area contributed by atoms with Gasteiger partial charge in [-0.15, -0.1) is 0 Å². The predicted molar refractivity (Wildman–Crippen MR) is 69.2 cm³/mol. The Kier molecular flexibility index (Phi) is 1.98. The minimum absolute atomic E-state index is 0.290. The Labute approximate surface area is 94.8 Å². The van der Waals surface area contributed by atoms with E-state index in [1.807, 2.05) is 13.1 Å². The molecule has 1 atom stereocenters. The summed E-state index contributed by atoms with van der Waals surface area (Å²) in [6, 6.07) is 10.7. The second kappa shape index (κ2) is 3.35. The highest BCUT2D eigenvalue weighted by Gasteiger charge is 2.16. The molecule has 1 aliphatic carbocycles. The number of hydrogen-bond acceptors (Lipinski definition) is 2. The maximum absolute atomic E-state index is 6.02. The predicted octanol–water partition coefficient (Wildman–Crippen LogP) is 2.71. The lowest BCUT2D eigenvalue weighted by Gasteiger charge is -2.21. The summed E-state index contributed by atoms with van der Waals surface area (Å²) in [5, 5.41) is 5.83. The number of hydrogen-bond donors (Lipinski definition) is 2. The monoisotopic (exact) mass is 210 g/mol. The molecular formula is C14H14N2. The standard InChI is InChI=1S/C14H14N2/c1-16-13-8-6-10-12(15)7-5-9-3-2-4-11(13)14(9)10/h2-8,13,16H,15H2,1H3. The summed E-state index contributed by atoms with van der Waals surface area (Å²) in [6.45, 7) is 0. The van der Waals surface area contributed by atoms with Crippen LogP contribution in [0.4, 0.5) is 5.69 Å². The first-order valence-corrected chi connectivity index (χ1v) is 5.48. The first-order chi connectivity index (χ1) is 7.81. The third-order valence-electron chi connectivity index (χ3n) is 3.25. The lowest BCUT2D eigenvalue weighted by molar-refractivity contribution is 0.720. The summed E-state index contributed by atoms with van der Waals surface area (Å²) < 4.78 is 0. The zero-order chi connectivity index (χ0) is 11.1. The van der Waals surface area contributed by atoms with Crippen LogP contribution in [0.3, 0.4) is 0 Å². The molecule has 1 aliphatic rings. The van der Waals surface area contributed by atoms with Crippen LogP contribution in [0, 0.1) is 0 Å². The molecule has 2 aromatic carbocycles. The molecule has 1 unspecified atom stereocenters. The molecule has 80 valence electrons. The summed E-state index contributed by atoms with van der Waals surface area (Å²) in [5.41, 5.74) is 9.33. The van der Waals surface area contributed by atoms with Gasteiger partial charge in [0.25, 0.3) is 0 Å². The summed E-state index contributed by atoms with van der Waals surface area (Å²) in [5.74, 6) is 0. The van der Waals surface area contributed by atoms with Crippen LogP contribution in [0.2, 0.25) is 0 Å². The Balaban J connectivity index is 2.44. The molecule has 0 aliphatic heterocycles. The molecule has 0 radical (unpaired) electrons. The summed E-state index contributed by atoms with van der Waals surface area (Å²) in [7, 11) is 1.98. The van der Waals surface area contributed by atoms with E-state index in [0.29, 0.717) is 0 Å². The van der Waals surface area contributed by atoms with Gasteiger partial charge in [0.2, 0.25) is 0 Å². The molecule has 2 nitrogen and oxygen atoms in total. The fourth-order valence-electron chi connectivity index (χ4n) is 2.44. The minimum atomic E-state index is 0.290. The van der Waals surface area contributed by atoms with Crippen LogP contribution in [0.15, 0.2) is 36.4 Å². The number of likely N-dealkylation sites (N-methyl/N-ethyl adjacent to an activating group) is 1.